The van der Waals surface area contributed by atoms with Gasteiger partial charge in [0.25, 0.3) is 5.91 Å². The number of nitrogens with one attached hydrogen (secondary N) is 2. The van der Waals surface area contributed by atoms with Crippen LogP contribution in [0.5, 0.6) is 0 Å². The molecule has 1 amide bonds. The van der Waals surface area contributed by atoms with E-state index in [1.165, 1.54) is 11.3 Å². The van der Waals surface area contributed by atoms with Crippen molar-refractivity contribution in [1.82, 2.24) is 20.3 Å². The lowest BCUT2D eigenvalue weighted by atomic mass is 10.1. The molecule has 0 radical (unpaired) electrons. The van der Waals surface area contributed by atoms with Crippen LogP contribution in [0.3, 0.4) is 0 Å². The third-order valence-electron chi connectivity index (χ3n) is 3.96. The minimum Gasteiger partial charge on any atom is -0.371 e. The molecular weight excluding hydrogens is 350 g/mol. The maximum atomic E-state index is 12.4. The third-order valence-corrected chi connectivity index (χ3v) is 4.80. The summed E-state index contributed by atoms with van der Waals surface area (Å²) in [6.07, 6.45) is 3.35. The molecule has 1 saturated heterocycles. The largest absolute Gasteiger partial charge is 0.371 e. The topological polar surface area (TPSA) is 89.0 Å². The molecule has 1 atom stereocenters. The molecule has 1 fully saturated rings. The van der Waals surface area contributed by atoms with Gasteiger partial charge in [0.05, 0.1) is 12.7 Å². The zero-order chi connectivity index (χ0) is 17.8. The van der Waals surface area contributed by atoms with E-state index in [4.69, 9.17) is 4.74 Å². The van der Waals surface area contributed by atoms with E-state index < -0.39 is 0 Å². The highest BCUT2D eigenvalue weighted by atomic mass is 32.1. The normalized spacial score (nSPS) is 17.0. The van der Waals surface area contributed by atoms with Crippen molar-refractivity contribution >= 4 is 22.9 Å². The molecule has 3 heterocycles. The maximum Gasteiger partial charge on any atom is 0.275 e. The fourth-order valence-electron chi connectivity index (χ4n) is 2.65. The molecule has 0 bridgehead atoms. The summed E-state index contributed by atoms with van der Waals surface area (Å²) >= 11 is 1.34. The summed E-state index contributed by atoms with van der Waals surface area (Å²) in [5.74, 6) is 0.258. The first kappa shape index (κ1) is 16.8. The van der Waals surface area contributed by atoms with Gasteiger partial charge in [-0.1, -0.05) is 12.1 Å². The molecule has 0 aliphatic carbocycles. The number of aromatic nitrogens is 3. The van der Waals surface area contributed by atoms with Crippen LogP contribution >= 0.6 is 11.3 Å². The standard InChI is InChI=1S/C18H17N5O2S/c24-17(14-11-26-18(23-14)16-20-6-1-7-21-16)22-13-4-2-12(3-5-13)15-10-19-8-9-25-15/h1-7,11,15,19H,8-10H2,(H,22,24). The van der Waals surface area contributed by atoms with Crippen LogP contribution in [-0.2, 0) is 4.74 Å². The molecule has 2 aromatic heterocycles. The van der Waals surface area contributed by atoms with Gasteiger partial charge in [0, 0.05) is 36.6 Å². The van der Waals surface area contributed by atoms with Gasteiger partial charge < -0.3 is 15.4 Å². The summed E-state index contributed by atoms with van der Waals surface area (Å²) in [5, 5.41) is 8.49. The van der Waals surface area contributed by atoms with Gasteiger partial charge >= 0.3 is 0 Å². The molecule has 8 heteroatoms. The van der Waals surface area contributed by atoms with Crippen molar-refractivity contribution in [3.8, 4) is 10.8 Å². The number of nitrogens with zero attached hydrogens (tertiary/aromatic N) is 3. The second kappa shape index (κ2) is 7.69. The first-order chi connectivity index (χ1) is 12.8. The summed E-state index contributed by atoms with van der Waals surface area (Å²) in [5.41, 5.74) is 2.15. The predicted octanol–water partition coefficient (Wildman–Crippen LogP) is 2.51. The maximum absolute atomic E-state index is 12.4. The number of ether oxygens (including phenoxy) is 1. The molecule has 1 aromatic carbocycles. The number of anilines is 1. The van der Waals surface area contributed by atoms with Crippen LogP contribution in [0, 0.1) is 0 Å². The second-order valence-electron chi connectivity index (χ2n) is 5.75. The van der Waals surface area contributed by atoms with Gasteiger partial charge in [0.15, 0.2) is 10.8 Å². The first-order valence-corrected chi connectivity index (χ1v) is 9.14. The average molecular weight is 367 g/mol. The minimum absolute atomic E-state index is 0.0560. The lowest BCUT2D eigenvalue weighted by Gasteiger charge is -2.24. The highest BCUT2D eigenvalue weighted by Gasteiger charge is 2.16. The molecule has 3 aromatic rings. The Morgan fingerprint density at radius 1 is 1.23 bits per heavy atom. The number of amides is 1. The Balaban J connectivity index is 1.42. The van der Waals surface area contributed by atoms with Gasteiger partial charge in [0.1, 0.15) is 5.69 Å². The SMILES string of the molecule is O=C(Nc1ccc(C2CNCCO2)cc1)c1csc(-c2ncccn2)n1. The highest BCUT2D eigenvalue weighted by molar-refractivity contribution is 7.13. The quantitative estimate of drug-likeness (QED) is 0.737. The van der Waals surface area contributed by atoms with Crippen molar-refractivity contribution in [3.05, 3.63) is 59.4 Å². The fourth-order valence-corrected chi connectivity index (χ4v) is 3.39. The fraction of sp³-hybridized carbons (Fsp3) is 0.222. The van der Waals surface area contributed by atoms with Gasteiger partial charge in [-0.2, -0.15) is 0 Å². The molecule has 26 heavy (non-hydrogen) atoms. The van der Waals surface area contributed by atoms with E-state index in [9.17, 15) is 4.79 Å². The Bertz CT molecular complexity index is 876. The van der Waals surface area contributed by atoms with E-state index in [2.05, 4.69) is 25.6 Å². The van der Waals surface area contributed by atoms with Crippen molar-refractivity contribution < 1.29 is 9.53 Å². The van der Waals surface area contributed by atoms with E-state index in [0.29, 0.717) is 28.8 Å². The number of carbonyl (C=O) groups excluding carboxylic acids is 1. The van der Waals surface area contributed by atoms with Gasteiger partial charge in [-0.05, 0) is 23.8 Å². The Morgan fingerprint density at radius 2 is 2.04 bits per heavy atom. The number of hydrogen-bond donors (Lipinski definition) is 2. The molecule has 4 rings (SSSR count). The Morgan fingerprint density at radius 3 is 2.77 bits per heavy atom. The van der Waals surface area contributed by atoms with Crippen molar-refractivity contribution in [1.29, 1.82) is 0 Å². The van der Waals surface area contributed by atoms with Crippen LogP contribution in [0.2, 0.25) is 0 Å². The second-order valence-corrected chi connectivity index (χ2v) is 6.61. The van der Waals surface area contributed by atoms with Crippen LogP contribution in [0.25, 0.3) is 10.8 Å². The summed E-state index contributed by atoms with van der Waals surface area (Å²) in [7, 11) is 0. The minimum atomic E-state index is -0.258. The summed E-state index contributed by atoms with van der Waals surface area (Å²) in [4.78, 5) is 25.0. The van der Waals surface area contributed by atoms with Crippen molar-refractivity contribution in [2.24, 2.45) is 0 Å². The number of rotatable bonds is 4. The number of carbonyl (C=O) groups is 1. The monoisotopic (exact) mass is 367 g/mol. The smallest absolute Gasteiger partial charge is 0.275 e. The van der Waals surface area contributed by atoms with Crippen LogP contribution in [0.15, 0.2) is 48.1 Å². The van der Waals surface area contributed by atoms with Crippen LogP contribution in [-0.4, -0.2) is 40.6 Å². The third kappa shape index (κ3) is 3.77. The Hall–Kier alpha value is -2.68. The van der Waals surface area contributed by atoms with Crippen LogP contribution in [0.4, 0.5) is 5.69 Å². The molecular formula is C18H17N5O2S. The van der Waals surface area contributed by atoms with Crippen LogP contribution < -0.4 is 10.6 Å². The molecule has 7 nitrogen and oxygen atoms in total. The lowest BCUT2D eigenvalue weighted by molar-refractivity contribution is 0.0277. The van der Waals surface area contributed by atoms with Gasteiger partial charge in [-0.25, -0.2) is 15.0 Å². The molecule has 132 valence electrons. The lowest BCUT2D eigenvalue weighted by Crippen LogP contribution is -2.33. The number of morpholine rings is 1. The molecule has 1 aliphatic heterocycles. The van der Waals surface area contributed by atoms with Crippen molar-refractivity contribution in [3.63, 3.8) is 0 Å². The Kier molecular flexibility index (Phi) is 4.96. The first-order valence-electron chi connectivity index (χ1n) is 8.26. The van der Waals surface area contributed by atoms with E-state index in [0.717, 1.165) is 18.7 Å². The number of benzene rings is 1. The summed E-state index contributed by atoms with van der Waals surface area (Å²) in [6.45, 7) is 2.39. The Labute approximate surface area is 154 Å². The zero-order valence-corrected chi connectivity index (χ0v) is 14.7. The zero-order valence-electron chi connectivity index (χ0n) is 13.9. The average Bonchev–Trinajstić information content (AvgIpc) is 3.20. The van der Waals surface area contributed by atoms with E-state index in [-0.39, 0.29) is 12.0 Å². The van der Waals surface area contributed by atoms with E-state index in [1.54, 1.807) is 23.8 Å². The van der Waals surface area contributed by atoms with Crippen molar-refractivity contribution in [2.75, 3.05) is 25.0 Å². The summed E-state index contributed by atoms with van der Waals surface area (Å²) in [6, 6.07) is 9.43. The van der Waals surface area contributed by atoms with E-state index in [1.807, 2.05) is 24.3 Å². The van der Waals surface area contributed by atoms with Gasteiger partial charge in [-0.15, -0.1) is 11.3 Å². The summed E-state index contributed by atoms with van der Waals surface area (Å²) < 4.78 is 5.73. The number of thiazole rings is 1. The van der Waals surface area contributed by atoms with Crippen molar-refractivity contribution in [2.45, 2.75) is 6.10 Å². The molecule has 0 saturated carbocycles. The predicted molar refractivity (Wildman–Crippen MR) is 99.1 cm³/mol. The van der Waals surface area contributed by atoms with Crippen LogP contribution in [0.1, 0.15) is 22.2 Å². The number of hydrogen-bond acceptors (Lipinski definition) is 7. The highest BCUT2D eigenvalue weighted by Crippen LogP contribution is 2.22. The molecule has 2 N–H and O–H groups in total. The molecule has 0 spiro atoms. The van der Waals surface area contributed by atoms with Gasteiger partial charge in [-0.3, -0.25) is 4.79 Å². The molecule has 1 unspecified atom stereocenters. The molecule has 1 aliphatic rings. The van der Waals surface area contributed by atoms with E-state index >= 15 is 0 Å². The van der Waals surface area contributed by atoms with Gasteiger partial charge in [0.2, 0.25) is 0 Å².